The number of amides is 2. The smallest absolute Gasteiger partial charge is 0.321 e. The maximum Gasteiger partial charge on any atom is 0.321 e. The van der Waals surface area contributed by atoms with Crippen LogP contribution in [0, 0.1) is 0 Å². The lowest BCUT2D eigenvalue weighted by molar-refractivity contribution is 0.246. The van der Waals surface area contributed by atoms with Crippen molar-refractivity contribution in [2.45, 2.75) is 26.2 Å². The molecule has 1 aliphatic heterocycles. The summed E-state index contributed by atoms with van der Waals surface area (Å²) in [6.45, 7) is 3.55. The fourth-order valence-electron chi connectivity index (χ4n) is 2.16. The second-order valence-corrected chi connectivity index (χ2v) is 4.38. The number of fused-ring (bicyclic) bond motifs is 1. The minimum absolute atomic E-state index is 0.00225. The average Bonchev–Trinajstić information content (AvgIpc) is 2.34. The summed E-state index contributed by atoms with van der Waals surface area (Å²) < 4.78 is 0. The van der Waals surface area contributed by atoms with E-state index in [2.05, 4.69) is 5.32 Å². The van der Waals surface area contributed by atoms with Gasteiger partial charge in [0.05, 0.1) is 0 Å². The maximum absolute atomic E-state index is 12.0. The number of urea groups is 1. The molecule has 4 heteroatoms. The molecular weight excluding hydrogens is 214 g/mol. The summed E-state index contributed by atoms with van der Waals surface area (Å²) in [5.41, 5.74) is 8.70. The van der Waals surface area contributed by atoms with Gasteiger partial charge in [0.2, 0.25) is 0 Å². The van der Waals surface area contributed by atoms with Gasteiger partial charge in [-0.05, 0) is 43.0 Å². The number of hydrogen-bond acceptors (Lipinski definition) is 2. The molecule has 0 bridgehead atoms. The Bertz CT molecular complexity index is 417. The highest BCUT2D eigenvalue weighted by molar-refractivity contribution is 5.93. The third-order valence-corrected chi connectivity index (χ3v) is 2.99. The summed E-state index contributed by atoms with van der Waals surface area (Å²) in [6, 6.07) is 5.76. The predicted molar refractivity (Wildman–Crippen MR) is 70.2 cm³/mol. The highest BCUT2D eigenvalue weighted by Crippen LogP contribution is 2.28. The fraction of sp³-hybridized carbons (Fsp3) is 0.462. The number of nitrogens with zero attached hydrogens (tertiary/aromatic N) is 1. The lowest BCUT2D eigenvalue weighted by Crippen LogP contribution is -2.43. The van der Waals surface area contributed by atoms with Gasteiger partial charge in [0.1, 0.15) is 0 Å². The van der Waals surface area contributed by atoms with E-state index in [1.807, 2.05) is 30.0 Å². The number of aryl methyl sites for hydroxylation is 1. The molecule has 0 unspecified atom stereocenters. The number of nitrogens with two attached hydrogens (primary N) is 1. The number of carbonyl (C=O) groups excluding carboxylic acids is 1. The third-order valence-electron chi connectivity index (χ3n) is 2.99. The molecule has 4 nitrogen and oxygen atoms in total. The van der Waals surface area contributed by atoms with Gasteiger partial charge in [0.15, 0.2) is 0 Å². The highest BCUT2D eigenvalue weighted by Gasteiger charge is 2.21. The van der Waals surface area contributed by atoms with Crippen molar-refractivity contribution in [3.63, 3.8) is 0 Å². The minimum Gasteiger partial charge on any atom is -0.399 e. The van der Waals surface area contributed by atoms with Gasteiger partial charge in [0.25, 0.3) is 0 Å². The van der Waals surface area contributed by atoms with E-state index in [1.165, 1.54) is 5.56 Å². The number of anilines is 2. The van der Waals surface area contributed by atoms with Crippen molar-refractivity contribution in [2.24, 2.45) is 0 Å². The van der Waals surface area contributed by atoms with Crippen molar-refractivity contribution in [2.75, 3.05) is 23.7 Å². The van der Waals surface area contributed by atoms with Gasteiger partial charge < -0.3 is 11.1 Å². The second kappa shape index (κ2) is 5.08. The largest absolute Gasteiger partial charge is 0.399 e. The molecule has 1 aromatic carbocycles. The molecule has 0 radical (unpaired) electrons. The summed E-state index contributed by atoms with van der Waals surface area (Å²) in [6.07, 6.45) is 2.95. The first-order valence-electron chi connectivity index (χ1n) is 6.16. The van der Waals surface area contributed by atoms with Crippen molar-refractivity contribution in [3.05, 3.63) is 23.8 Å². The molecular formula is C13H19N3O. The molecule has 0 aromatic heterocycles. The molecule has 0 spiro atoms. The van der Waals surface area contributed by atoms with Gasteiger partial charge in [-0.15, -0.1) is 0 Å². The van der Waals surface area contributed by atoms with E-state index < -0.39 is 0 Å². The lowest BCUT2D eigenvalue weighted by atomic mass is 10.0. The summed E-state index contributed by atoms with van der Waals surface area (Å²) >= 11 is 0. The molecule has 0 aliphatic carbocycles. The Labute approximate surface area is 102 Å². The minimum atomic E-state index is -0.00225. The van der Waals surface area contributed by atoms with Gasteiger partial charge in [-0.3, -0.25) is 4.90 Å². The Kier molecular flexibility index (Phi) is 3.52. The normalized spacial score (nSPS) is 14.3. The number of nitrogen functional groups attached to an aromatic ring is 1. The first kappa shape index (κ1) is 11.8. The van der Waals surface area contributed by atoms with Crippen LogP contribution < -0.4 is 16.0 Å². The van der Waals surface area contributed by atoms with Crippen LogP contribution in [0.1, 0.15) is 25.3 Å². The lowest BCUT2D eigenvalue weighted by Gasteiger charge is -2.29. The highest BCUT2D eigenvalue weighted by atomic mass is 16.2. The monoisotopic (exact) mass is 233 g/mol. The fourth-order valence-corrected chi connectivity index (χ4v) is 2.16. The van der Waals surface area contributed by atoms with Crippen LogP contribution in [0.3, 0.4) is 0 Å². The summed E-state index contributed by atoms with van der Waals surface area (Å²) in [5.74, 6) is 0. The molecule has 2 amide bonds. The number of benzene rings is 1. The molecule has 92 valence electrons. The van der Waals surface area contributed by atoms with Gasteiger partial charge >= 0.3 is 6.03 Å². The van der Waals surface area contributed by atoms with Crippen molar-refractivity contribution in [1.82, 2.24) is 5.32 Å². The van der Waals surface area contributed by atoms with Gasteiger partial charge in [0, 0.05) is 24.5 Å². The SMILES string of the molecule is CCCNC(=O)N1CCCc2cc(N)ccc21. The van der Waals surface area contributed by atoms with E-state index in [0.29, 0.717) is 0 Å². The van der Waals surface area contributed by atoms with E-state index in [1.54, 1.807) is 0 Å². The van der Waals surface area contributed by atoms with Crippen LogP contribution in [0.5, 0.6) is 0 Å². The van der Waals surface area contributed by atoms with Crippen molar-refractivity contribution in [3.8, 4) is 0 Å². The van der Waals surface area contributed by atoms with E-state index in [0.717, 1.165) is 43.7 Å². The molecule has 0 saturated carbocycles. The van der Waals surface area contributed by atoms with E-state index in [4.69, 9.17) is 5.73 Å². The van der Waals surface area contributed by atoms with Crippen molar-refractivity contribution >= 4 is 17.4 Å². The van der Waals surface area contributed by atoms with Crippen LogP contribution in [-0.4, -0.2) is 19.1 Å². The first-order valence-corrected chi connectivity index (χ1v) is 6.16. The second-order valence-electron chi connectivity index (χ2n) is 4.38. The Morgan fingerprint density at radius 1 is 1.53 bits per heavy atom. The van der Waals surface area contributed by atoms with E-state index in [-0.39, 0.29) is 6.03 Å². The summed E-state index contributed by atoms with van der Waals surface area (Å²) in [4.78, 5) is 13.8. The molecule has 1 aliphatic rings. The molecule has 0 atom stereocenters. The number of nitrogens with one attached hydrogen (secondary N) is 1. The molecule has 1 heterocycles. The Morgan fingerprint density at radius 3 is 3.12 bits per heavy atom. The standard InChI is InChI=1S/C13H19N3O/c1-2-7-15-13(17)16-8-3-4-10-9-11(14)5-6-12(10)16/h5-6,9H,2-4,7-8,14H2,1H3,(H,15,17). The Morgan fingerprint density at radius 2 is 2.35 bits per heavy atom. The van der Waals surface area contributed by atoms with Crippen LogP contribution >= 0.6 is 0 Å². The third kappa shape index (κ3) is 2.52. The van der Waals surface area contributed by atoms with Crippen molar-refractivity contribution < 1.29 is 4.79 Å². The van der Waals surface area contributed by atoms with E-state index >= 15 is 0 Å². The van der Waals surface area contributed by atoms with Crippen LogP contribution in [0.25, 0.3) is 0 Å². The molecule has 1 aromatic rings. The molecule has 0 saturated heterocycles. The Hall–Kier alpha value is -1.71. The van der Waals surface area contributed by atoms with Crippen LogP contribution in [0.2, 0.25) is 0 Å². The van der Waals surface area contributed by atoms with Crippen LogP contribution in [0.4, 0.5) is 16.2 Å². The zero-order valence-electron chi connectivity index (χ0n) is 10.2. The van der Waals surface area contributed by atoms with E-state index in [9.17, 15) is 4.79 Å². The maximum atomic E-state index is 12.0. The van der Waals surface area contributed by atoms with Gasteiger partial charge in [-0.25, -0.2) is 4.79 Å². The molecule has 3 N–H and O–H groups in total. The zero-order chi connectivity index (χ0) is 12.3. The molecule has 17 heavy (non-hydrogen) atoms. The van der Waals surface area contributed by atoms with Crippen LogP contribution in [-0.2, 0) is 6.42 Å². The zero-order valence-corrected chi connectivity index (χ0v) is 10.2. The first-order chi connectivity index (χ1) is 8.22. The average molecular weight is 233 g/mol. The summed E-state index contributed by atoms with van der Waals surface area (Å²) in [7, 11) is 0. The topological polar surface area (TPSA) is 58.4 Å². The summed E-state index contributed by atoms with van der Waals surface area (Å²) in [5, 5.41) is 2.91. The molecule has 0 fully saturated rings. The number of carbonyl (C=O) groups is 1. The van der Waals surface area contributed by atoms with Crippen molar-refractivity contribution in [1.29, 1.82) is 0 Å². The molecule has 2 rings (SSSR count). The van der Waals surface area contributed by atoms with Gasteiger partial charge in [-0.2, -0.15) is 0 Å². The predicted octanol–water partition coefficient (Wildman–Crippen LogP) is 2.14. The number of rotatable bonds is 2. The Balaban J connectivity index is 2.19. The quantitative estimate of drug-likeness (QED) is 0.769. The van der Waals surface area contributed by atoms with Crippen LogP contribution in [0.15, 0.2) is 18.2 Å². The van der Waals surface area contributed by atoms with Gasteiger partial charge in [-0.1, -0.05) is 6.92 Å². The number of hydrogen-bond donors (Lipinski definition) is 2.